The molecule has 5 heteroatoms. The van der Waals surface area contributed by atoms with Crippen LogP contribution in [0.15, 0.2) is 11.4 Å². The first-order valence-electron chi connectivity index (χ1n) is 4.93. The van der Waals surface area contributed by atoms with Gasteiger partial charge in [0.25, 0.3) is 0 Å². The van der Waals surface area contributed by atoms with Crippen LogP contribution in [-0.4, -0.2) is 19.2 Å². The third-order valence-electron chi connectivity index (χ3n) is 1.74. The van der Waals surface area contributed by atoms with Crippen molar-refractivity contribution in [2.24, 2.45) is 5.73 Å². The van der Waals surface area contributed by atoms with E-state index in [0.717, 1.165) is 10.4 Å². The van der Waals surface area contributed by atoms with Gasteiger partial charge in [-0.15, -0.1) is 11.3 Å². The van der Waals surface area contributed by atoms with Crippen molar-refractivity contribution in [3.05, 3.63) is 21.9 Å². The van der Waals surface area contributed by atoms with E-state index in [4.69, 9.17) is 10.5 Å². The Morgan fingerprint density at radius 2 is 2.50 bits per heavy atom. The molecule has 0 unspecified atom stereocenters. The van der Waals surface area contributed by atoms with Crippen LogP contribution in [0.4, 0.5) is 4.79 Å². The van der Waals surface area contributed by atoms with Crippen molar-refractivity contribution in [3.8, 4) is 11.8 Å². The molecule has 0 saturated heterocycles. The van der Waals surface area contributed by atoms with Crippen molar-refractivity contribution in [3.63, 3.8) is 0 Å². The predicted octanol–water partition coefficient (Wildman–Crippen LogP) is 1.30. The minimum absolute atomic E-state index is 0.334. The number of carbonyl (C=O) groups is 1. The monoisotopic (exact) mass is 238 g/mol. The van der Waals surface area contributed by atoms with E-state index in [1.165, 1.54) is 0 Å². The highest BCUT2D eigenvalue weighted by Crippen LogP contribution is 2.15. The van der Waals surface area contributed by atoms with Gasteiger partial charge in [-0.2, -0.15) is 0 Å². The molecule has 3 N–H and O–H groups in total. The van der Waals surface area contributed by atoms with Gasteiger partial charge in [0.15, 0.2) is 0 Å². The summed E-state index contributed by atoms with van der Waals surface area (Å²) in [6, 6.07) is 1.91. The second-order valence-corrected chi connectivity index (χ2v) is 3.84. The molecule has 1 aromatic rings. The van der Waals surface area contributed by atoms with Crippen molar-refractivity contribution in [1.29, 1.82) is 0 Å². The number of nitrogens with one attached hydrogen (secondary N) is 1. The summed E-state index contributed by atoms with van der Waals surface area (Å²) in [4.78, 5) is 12.1. The van der Waals surface area contributed by atoms with E-state index in [9.17, 15) is 4.79 Å². The van der Waals surface area contributed by atoms with Crippen LogP contribution >= 0.6 is 11.3 Å². The summed E-state index contributed by atoms with van der Waals surface area (Å²) in [5.74, 6) is 5.74. The van der Waals surface area contributed by atoms with Crippen molar-refractivity contribution in [2.75, 3.05) is 13.2 Å². The molecule has 0 aromatic carbocycles. The molecule has 86 valence electrons. The summed E-state index contributed by atoms with van der Waals surface area (Å²) in [7, 11) is 0. The zero-order valence-corrected chi connectivity index (χ0v) is 9.89. The fourth-order valence-corrected chi connectivity index (χ4v) is 1.84. The first-order valence-corrected chi connectivity index (χ1v) is 5.81. The molecule has 1 aromatic heterocycles. The number of rotatable bonds is 3. The van der Waals surface area contributed by atoms with Crippen LogP contribution in [0.25, 0.3) is 0 Å². The molecule has 4 nitrogen and oxygen atoms in total. The fourth-order valence-electron chi connectivity index (χ4n) is 1.07. The molecule has 0 aliphatic rings. The van der Waals surface area contributed by atoms with Gasteiger partial charge in [-0.05, 0) is 18.4 Å². The maximum Gasteiger partial charge on any atom is 0.407 e. The number of hydrogen-bond acceptors (Lipinski definition) is 4. The molecule has 0 atom stereocenters. The van der Waals surface area contributed by atoms with Crippen molar-refractivity contribution in [2.45, 2.75) is 13.5 Å². The van der Waals surface area contributed by atoms with Crippen LogP contribution in [0.2, 0.25) is 0 Å². The summed E-state index contributed by atoms with van der Waals surface area (Å²) in [5.41, 5.74) is 6.21. The Kier molecular flexibility index (Phi) is 5.40. The normalized spacial score (nSPS) is 9.12. The van der Waals surface area contributed by atoms with Crippen LogP contribution in [0.5, 0.6) is 0 Å². The minimum atomic E-state index is -0.409. The number of thiophene rings is 1. The first kappa shape index (κ1) is 12.6. The van der Waals surface area contributed by atoms with Gasteiger partial charge in [0.1, 0.15) is 0 Å². The highest BCUT2D eigenvalue weighted by atomic mass is 32.1. The average molecular weight is 238 g/mol. The number of hydrogen-bond donors (Lipinski definition) is 2. The smallest absolute Gasteiger partial charge is 0.407 e. The zero-order chi connectivity index (χ0) is 11.8. The Hall–Kier alpha value is -1.51. The molecule has 0 saturated carbocycles. The Labute approximate surface area is 98.8 Å². The Morgan fingerprint density at radius 3 is 3.19 bits per heavy atom. The Morgan fingerprint density at radius 1 is 1.69 bits per heavy atom. The highest BCUT2D eigenvalue weighted by Gasteiger charge is 2.04. The Balaban J connectivity index is 2.54. The van der Waals surface area contributed by atoms with Crippen molar-refractivity contribution >= 4 is 17.4 Å². The third-order valence-corrected chi connectivity index (χ3v) is 2.66. The number of carbonyl (C=O) groups excluding carboxylic acids is 1. The molecule has 0 spiro atoms. The summed E-state index contributed by atoms with van der Waals surface area (Å²) in [6.07, 6.45) is -0.409. The van der Waals surface area contributed by atoms with Gasteiger partial charge < -0.3 is 15.8 Å². The molecular formula is C11H14N2O2S. The summed E-state index contributed by atoms with van der Waals surface area (Å²) in [6.45, 7) is 2.91. The standard InChI is InChI=1S/C11H14N2O2S/c1-2-15-11(14)13-8-10-9(4-3-6-12)5-7-16-10/h5,7H,2,6,8,12H2,1H3,(H,13,14). The molecule has 0 aliphatic heterocycles. The van der Waals surface area contributed by atoms with Gasteiger partial charge >= 0.3 is 6.09 Å². The van der Waals surface area contributed by atoms with Crippen LogP contribution in [0, 0.1) is 11.8 Å². The fraction of sp³-hybridized carbons (Fsp3) is 0.364. The van der Waals surface area contributed by atoms with Gasteiger partial charge in [-0.1, -0.05) is 11.8 Å². The Bertz CT molecular complexity index is 404. The number of amides is 1. The van der Waals surface area contributed by atoms with E-state index in [1.807, 2.05) is 11.4 Å². The van der Waals surface area contributed by atoms with Gasteiger partial charge in [0, 0.05) is 10.4 Å². The van der Waals surface area contributed by atoms with Gasteiger partial charge in [0.2, 0.25) is 0 Å². The topological polar surface area (TPSA) is 64.3 Å². The van der Waals surface area contributed by atoms with Gasteiger partial charge in [-0.3, -0.25) is 0 Å². The van der Waals surface area contributed by atoms with Crippen LogP contribution in [0.1, 0.15) is 17.4 Å². The van der Waals surface area contributed by atoms with Crippen LogP contribution in [-0.2, 0) is 11.3 Å². The van der Waals surface area contributed by atoms with Crippen LogP contribution < -0.4 is 11.1 Å². The lowest BCUT2D eigenvalue weighted by Gasteiger charge is -2.03. The molecule has 0 bridgehead atoms. The second kappa shape index (κ2) is 6.88. The average Bonchev–Trinajstić information content (AvgIpc) is 2.71. The lowest BCUT2D eigenvalue weighted by molar-refractivity contribution is 0.152. The van der Waals surface area contributed by atoms with E-state index < -0.39 is 6.09 Å². The third kappa shape index (κ3) is 3.93. The van der Waals surface area contributed by atoms with Crippen LogP contribution in [0.3, 0.4) is 0 Å². The molecule has 0 aliphatic carbocycles. The molecule has 1 amide bonds. The van der Waals surface area contributed by atoms with Crippen molar-refractivity contribution in [1.82, 2.24) is 5.32 Å². The zero-order valence-electron chi connectivity index (χ0n) is 9.08. The van der Waals surface area contributed by atoms with Crippen molar-refractivity contribution < 1.29 is 9.53 Å². The summed E-state index contributed by atoms with van der Waals surface area (Å²) in [5, 5.41) is 4.59. The molecular weight excluding hydrogens is 224 g/mol. The lowest BCUT2D eigenvalue weighted by Crippen LogP contribution is -2.23. The molecule has 0 fully saturated rings. The minimum Gasteiger partial charge on any atom is -0.450 e. The van der Waals surface area contributed by atoms with E-state index in [-0.39, 0.29) is 0 Å². The maximum atomic E-state index is 11.1. The maximum absolute atomic E-state index is 11.1. The molecule has 0 radical (unpaired) electrons. The van der Waals surface area contributed by atoms with E-state index in [2.05, 4.69) is 17.2 Å². The van der Waals surface area contributed by atoms with E-state index in [0.29, 0.717) is 19.7 Å². The first-order chi connectivity index (χ1) is 7.77. The van der Waals surface area contributed by atoms with Gasteiger partial charge in [0.05, 0.1) is 19.7 Å². The molecule has 16 heavy (non-hydrogen) atoms. The van der Waals surface area contributed by atoms with E-state index in [1.54, 1.807) is 18.3 Å². The SMILES string of the molecule is CCOC(=O)NCc1sccc1C#CCN. The molecule has 1 heterocycles. The largest absolute Gasteiger partial charge is 0.450 e. The lowest BCUT2D eigenvalue weighted by atomic mass is 10.2. The molecule has 1 rings (SSSR count). The van der Waals surface area contributed by atoms with E-state index >= 15 is 0 Å². The number of nitrogens with two attached hydrogens (primary N) is 1. The second-order valence-electron chi connectivity index (χ2n) is 2.84. The summed E-state index contributed by atoms with van der Waals surface area (Å²) < 4.78 is 4.76. The number of alkyl carbamates (subject to hydrolysis) is 1. The summed E-state index contributed by atoms with van der Waals surface area (Å²) >= 11 is 1.55. The van der Waals surface area contributed by atoms with Gasteiger partial charge in [-0.25, -0.2) is 4.79 Å². The number of ether oxygens (including phenoxy) is 1. The quantitative estimate of drug-likeness (QED) is 0.780. The highest BCUT2D eigenvalue weighted by molar-refractivity contribution is 7.10. The predicted molar refractivity (Wildman–Crippen MR) is 64.1 cm³/mol.